The van der Waals surface area contributed by atoms with E-state index in [-0.39, 0.29) is 5.56 Å². The van der Waals surface area contributed by atoms with Crippen LogP contribution in [0.3, 0.4) is 0 Å². The molecule has 0 aliphatic rings. The van der Waals surface area contributed by atoms with Crippen molar-refractivity contribution >= 4 is 71.1 Å². The summed E-state index contributed by atoms with van der Waals surface area (Å²) in [7, 11) is 0. The minimum atomic E-state index is -0.0405. The molecule has 0 aliphatic heterocycles. The van der Waals surface area contributed by atoms with Crippen molar-refractivity contribution in [3.05, 3.63) is 97.8 Å². The lowest BCUT2D eigenvalue weighted by molar-refractivity contribution is 0.659. The van der Waals surface area contributed by atoms with Crippen molar-refractivity contribution in [3.8, 4) is 0 Å². The molecule has 0 aliphatic carbocycles. The van der Waals surface area contributed by atoms with E-state index in [1.807, 2.05) is 48.5 Å². The average molecular weight is 529 g/mol. The van der Waals surface area contributed by atoms with Crippen molar-refractivity contribution in [1.29, 1.82) is 0 Å². The number of halogens is 2. The number of hydrogen-bond donors (Lipinski definition) is 0. The Bertz CT molecular complexity index is 1450. The highest BCUT2D eigenvalue weighted by molar-refractivity contribution is 9.10. The number of pyridine rings is 1. The number of hydrogen-bond acceptors (Lipinski definition) is 5. The molecule has 0 N–H and O–H groups in total. The summed E-state index contributed by atoms with van der Waals surface area (Å²) in [6.45, 7) is 0.434. The molecule has 0 fully saturated rings. The fourth-order valence-electron chi connectivity index (χ4n) is 3.29. The SMILES string of the molecule is O=c1c2sc3ncccc3c2nc(SCc2ccc(Br)cc2)n1Cc1ccc(Cl)cc1. The van der Waals surface area contributed by atoms with Crippen LogP contribution in [0.1, 0.15) is 11.1 Å². The van der Waals surface area contributed by atoms with Crippen LogP contribution in [0, 0.1) is 0 Å². The van der Waals surface area contributed by atoms with E-state index < -0.39 is 0 Å². The van der Waals surface area contributed by atoms with E-state index in [9.17, 15) is 4.79 Å². The topological polar surface area (TPSA) is 47.8 Å². The number of nitrogens with zero attached hydrogens (tertiary/aromatic N) is 3. The molecule has 4 nitrogen and oxygen atoms in total. The number of thioether (sulfide) groups is 1. The van der Waals surface area contributed by atoms with E-state index in [0.29, 0.717) is 27.2 Å². The molecule has 5 aromatic rings. The number of thiophene rings is 1. The third-order valence-corrected chi connectivity index (χ3v) is 7.77. The third kappa shape index (κ3) is 4.28. The Morgan fingerprint density at radius 3 is 2.55 bits per heavy atom. The summed E-state index contributed by atoms with van der Waals surface area (Å²) < 4.78 is 3.43. The minimum absolute atomic E-state index is 0.0405. The average Bonchev–Trinajstić information content (AvgIpc) is 3.16. The van der Waals surface area contributed by atoms with Gasteiger partial charge in [-0.3, -0.25) is 9.36 Å². The van der Waals surface area contributed by atoms with Gasteiger partial charge in [0, 0.05) is 26.8 Å². The van der Waals surface area contributed by atoms with Crippen LogP contribution in [0.4, 0.5) is 0 Å². The molecule has 3 aromatic heterocycles. The molecule has 0 amide bonds. The first-order chi connectivity index (χ1) is 15.1. The molecule has 0 unspecified atom stereocenters. The summed E-state index contributed by atoms with van der Waals surface area (Å²) in [5, 5.41) is 2.28. The Kier molecular flexibility index (Phi) is 5.84. The molecule has 0 saturated heterocycles. The van der Waals surface area contributed by atoms with Gasteiger partial charge in [-0.1, -0.05) is 63.6 Å². The predicted molar refractivity (Wildman–Crippen MR) is 133 cm³/mol. The van der Waals surface area contributed by atoms with Crippen LogP contribution in [0.5, 0.6) is 0 Å². The van der Waals surface area contributed by atoms with Crippen LogP contribution in [0.25, 0.3) is 20.4 Å². The minimum Gasteiger partial charge on any atom is -0.282 e. The fourth-order valence-corrected chi connectivity index (χ4v) is 5.66. The van der Waals surface area contributed by atoms with Crippen molar-refractivity contribution in [2.75, 3.05) is 0 Å². The second kappa shape index (κ2) is 8.74. The largest absolute Gasteiger partial charge is 0.282 e. The molecule has 2 aromatic carbocycles. The molecule has 8 heteroatoms. The Labute approximate surface area is 200 Å². The maximum Gasteiger partial charge on any atom is 0.272 e. The molecule has 0 saturated carbocycles. The lowest BCUT2D eigenvalue weighted by Crippen LogP contribution is -2.23. The van der Waals surface area contributed by atoms with Gasteiger partial charge in [0.05, 0.1) is 12.1 Å². The fraction of sp³-hybridized carbons (Fsp3) is 0.0870. The van der Waals surface area contributed by atoms with Crippen molar-refractivity contribution in [2.24, 2.45) is 0 Å². The van der Waals surface area contributed by atoms with Crippen molar-refractivity contribution in [2.45, 2.75) is 17.5 Å². The summed E-state index contributed by atoms with van der Waals surface area (Å²) in [5.41, 5.74) is 2.85. The van der Waals surface area contributed by atoms with Crippen LogP contribution in [0.2, 0.25) is 5.02 Å². The summed E-state index contributed by atoms with van der Waals surface area (Å²) >= 11 is 12.5. The normalized spacial score (nSPS) is 11.4. The molecule has 154 valence electrons. The number of benzene rings is 2. The number of fused-ring (bicyclic) bond motifs is 3. The molecule has 0 radical (unpaired) electrons. The Morgan fingerprint density at radius 1 is 1.03 bits per heavy atom. The predicted octanol–water partition coefficient (Wildman–Crippen LogP) is 6.76. The van der Waals surface area contributed by atoms with Gasteiger partial charge in [0.2, 0.25) is 0 Å². The highest BCUT2D eigenvalue weighted by Gasteiger charge is 2.17. The first kappa shape index (κ1) is 20.7. The summed E-state index contributed by atoms with van der Waals surface area (Å²) in [6.07, 6.45) is 1.74. The molecule has 5 rings (SSSR count). The second-order valence-corrected chi connectivity index (χ2v) is 10.3. The smallest absolute Gasteiger partial charge is 0.272 e. The van der Waals surface area contributed by atoms with Crippen molar-refractivity contribution in [3.63, 3.8) is 0 Å². The van der Waals surface area contributed by atoms with Crippen LogP contribution >= 0.6 is 50.6 Å². The van der Waals surface area contributed by atoms with Gasteiger partial charge < -0.3 is 0 Å². The van der Waals surface area contributed by atoms with Crippen molar-refractivity contribution in [1.82, 2.24) is 14.5 Å². The van der Waals surface area contributed by atoms with Crippen molar-refractivity contribution < 1.29 is 0 Å². The Balaban J connectivity index is 1.62. The maximum absolute atomic E-state index is 13.5. The zero-order valence-corrected chi connectivity index (χ0v) is 20.1. The van der Waals surface area contributed by atoms with E-state index in [1.165, 1.54) is 11.3 Å². The van der Waals surface area contributed by atoms with E-state index in [2.05, 4.69) is 33.0 Å². The van der Waals surface area contributed by atoms with Gasteiger partial charge in [-0.25, -0.2) is 9.97 Å². The molecule has 0 bridgehead atoms. The molecule has 3 heterocycles. The summed E-state index contributed by atoms with van der Waals surface area (Å²) in [6, 6.07) is 19.6. The highest BCUT2D eigenvalue weighted by atomic mass is 79.9. The first-order valence-electron chi connectivity index (χ1n) is 9.48. The monoisotopic (exact) mass is 527 g/mol. The molecule has 31 heavy (non-hydrogen) atoms. The lowest BCUT2D eigenvalue weighted by Gasteiger charge is -2.12. The van der Waals surface area contributed by atoms with E-state index in [4.69, 9.17) is 16.6 Å². The number of rotatable bonds is 5. The Morgan fingerprint density at radius 2 is 1.77 bits per heavy atom. The highest BCUT2D eigenvalue weighted by Crippen LogP contribution is 2.31. The van der Waals surface area contributed by atoms with Crippen LogP contribution < -0.4 is 5.56 Å². The number of aromatic nitrogens is 3. The van der Waals surface area contributed by atoms with Crippen LogP contribution in [-0.4, -0.2) is 14.5 Å². The van der Waals surface area contributed by atoms with Crippen LogP contribution in [0.15, 0.2) is 81.3 Å². The van der Waals surface area contributed by atoms with E-state index in [1.54, 1.807) is 22.5 Å². The van der Waals surface area contributed by atoms with E-state index in [0.717, 1.165) is 31.3 Å². The van der Waals surface area contributed by atoms with Gasteiger partial charge in [-0.05, 0) is 47.5 Å². The molecule has 0 atom stereocenters. The van der Waals surface area contributed by atoms with Crippen LogP contribution in [-0.2, 0) is 12.3 Å². The zero-order valence-electron chi connectivity index (χ0n) is 16.1. The van der Waals surface area contributed by atoms with Gasteiger partial charge in [0.15, 0.2) is 5.16 Å². The Hall–Kier alpha value is -2.19. The molecular weight excluding hydrogens is 514 g/mol. The zero-order chi connectivity index (χ0) is 21.4. The quantitative estimate of drug-likeness (QED) is 0.187. The van der Waals surface area contributed by atoms with Gasteiger partial charge in [-0.2, -0.15) is 0 Å². The summed E-state index contributed by atoms with van der Waals surface area (Å²) in [5.74, 6) is 0.714. The third-order valence-electron chi connectivity index (χ3n) is 4.85. The molecule has 0 spiro atoms. The van der Waals surface area contributed by atoms with Gasteiger partial charge in [0.25, 0.3) is 5.56 Å². The van der Waals surface area contributed by atoms with Gasteiger partial charge in [0.1, 0.15) is 9.53 Å². The molecular formula is C23H15BrClN3OS2. The maximum atomic E-state index is 13.5. The lowest BCUT2D eigenvalue weighted by atomic mass is 10.2. The van der Waals surface area contributed by atoms with E-state index >= 15 is 0 Å². The van der Waals surface area contributed by atoms with Gasteiger partial charge in [-0.15, -0.1) is 11.3 Å². The first-order valence-corrected chi connectivity index (χ1v) is 12.5. The standard InChI is InChI=1S/C23H15BrClN3OS2/c24-16-7-3-15(4-8-16)13-30-23-27-19-18-2-1-11-26-21(18)31-20(19)22(29)28(23)12-14-5-9-17(25)10-6-14/h1-11H,12-13H2. The van der Waals surface area contributed by atoms with Gasteiger partial charge >= 0.3 is 0 Å². The summed E-state index contributed by atoms with van der Waals surface area (Å²) in [4.78, 5) is 23.7. The second-order valence-electron chi connectivity index (χ2n) is 6.96.